The van der Waals surface area contributed by atoms with Crippen molar-refractivity contribution >= 4 is 5.91 Å². The van der Waals surface area contributed by atoms with E-state index >= 15 is 0 Å². The van der Waals surface area contributed by atoms with Crippen LogP contribution in [-0.2, 0) is 11.3 Å². The Morgan fingerprint density at radius 2 is 1.88 bits per heavy atom. The Balaban J connectivity index is 1.71. The van der Waals surface area contributed by atoms with Crippen molar-refractivity contribution in [2.24, 2.45) is 5.92 Å². The molecule has 2 atom stereocenters. The minimum Gasteiger partial charge on any atom is -0.496 e. The van der Waals surface area contributed by atoms with Gasteiger partial charge in [0, 0.05) is 24.6 Å². The van der Waals surface area contributed by atoms with Crippen LogP contribution >= 0.6 is 0 Å². The summed E-state index contributed by atoms with van der Waals surface area (Å²) in [7, 11) is 1.63. The van der Waals surface area contributed by atoms with E-state index in [9.17, 15) is 9.90 Å². The number of hydrogen-bond donors (Lipinski definition) is 1. The Labute approximate surface area is 142 Å². The third-order valence-electron chi connectivity index (χ3n) is 4.57. The van der Waals surface area contributed by atoms with Crippen LogP contribution in [0.1, 0.15) is 23.5 Å². The van der Waals surface area contributed by atoms with Crippen LogP contribution in [0, 0.1) is 5.92 Å². The summed E-state index contributed by atoms with van der Waals surface area (Å²) in [4.78, 5) is 14.6. The maximum Gasteiger partial charge on any atom is 0.226 e. The van der Waals surface area contributed by atoms with E-state index in [4.69, 9.17) is 4.74 Å². The SMILES string of the molecule is COc1ccccc1CN(CCO)C(=O)C1CC1c1ccccc1. The number of benzene rings is 2. The van der Waals surface area contributed by atoms with Crippen LogP contribution in [0.5, 0.6) is 5.75 Å². The zero-order valence-electron chi connectivity index (χ0n) is 13.9. The van der Waals surface area contributed by atoms with Crippen LogP contribution in [0.15, 0.2) is 54.6 Å². The second kappa shape index (κ2) is 7.49. The van der Waals surface area contributed by atoms with E-state index in [0.717, 1.165) is 17.7 Å². The zero-order valence-corrected chi connectivity index (χ0v) is 13.9. The smallest absolute Gasteiger partial charge is 0.226 e. The molecule has 1 amide bonds. The number of aliphatic hydroxyl groups excluding tert-OH is 1. The molecule has 24 heavy (non-hydrogen) atoms. The lowest BCUT2D eigenvalue weighted by molar-refractivity contribution is -0.133. The summed E-state index contributed by atoms with van der Waals surface area (Å²) in [6.07, 6.45) is 0.886. The van der Waals surface area contributed by atoms with Crippen LogP contribution in [0.3, 0.4) is 0 Å². The Bertz CT molecular complexity index is 686. The highest BCUT2D eigenvalue weighted by molar-refractivity contribution is 5.83. The van der Waals surface area contributed by atoms with Gasteiger partial charge >= 0.3 is 0 Å². The molecule has 1 aliphatic rings. The summed E-state index contributed by atoms with van der Waals surface area (Å²) in [5.41, 5.74) is 2.18. The normalized spacial score (nSPS) is 18.9. The lowest BCUT2D eigenvalue weighted by Crippen LogP contribution is -2.34. The van der Waals surface area contributed by atoms with Crippen LogP contribution in [0.4, 0.5) is 0 Å². The molecule has 4 heteroatoms. The average Bonchev–Trinajstić information content (AvgIpc) is 3.43. The molecule has 0 radical (unpaired) electrons. The maximum atomic E-state index is 12.9. The average molecular weight is 325 g/mol. The van der Waals surface area contributed by atoms with Gasteiger partial charge in [0.1, 0.15) is 5.75 Å². The molecule has 2 aromatic carbocycles. The Morgan fingerprint density at radius 1 is 1.17 bits per heavy atom. The van der Waals surface area contributed by atoms with E-state index in [1.807, 2.05) is 42.5 Å². The van der Waals surface area contributed by atoms with Crippen molar-refractivity contribution in [3.8, 4) is 5.75 Å². The number of hydrogen-bond acceptors (Lipinski definition) is 3. The molecule has 1 aliphatic carbocycles. The summed E-state index contributed by atoms with van der Waals surface area (Å²) in [6.45, 7) is 0.764. The van der Waals surface area contributed by atoms with Gasteiger partial charge in [0.25, 0.3) is 0 Å². The first kappa shape index (κ1) is 16.5. The molecule has 1 fully saturated rings. The molecule has 2 unspecified atom stereocenters. The molecule has 0 aromatic heterocycles. The van der Waals surface area contributed by atoms with Crippen LogP contribution in [0.25, 0.3) is 0 Å². The second-order valence-electron chi connectivity index (χ2n) is 6.15. The Morgan fingerprint density at radius 3 is 2.58 bits per heavy atom. The summed E-state index contributed by atoms with van der Waals surface area (Å²) in [5, 5.41) is 9.35. The van der Waals surface area contributed by atoms with Gasteiger partial charge in [-0.1, -0.05) is 48.5 Å². The first-order valence-corrected chi connectivity index (χ1v) is 8.31. The summed E-state index contributed by atoms with van der Waals surface area (Å²) in [6, 6.07) is 17.9. The standard InChI is InChI=1S/C20H23NO3/c1-24-19-10-6-5-9-16(19)14-21(11-12-22)20(23)18-13-17(18)15-7-3-2-4-8-15/h2-10,17-18,22H,11-14H2,1H3. The van der Waals surface area contributed by atoms with Gasteiger partial charge in [-0.2, -0.15) is 0 Å². The molecule has 4 nitrogen and oxygen atoms in total. The van der Waals surface area contributed by atoms with Crippen molar-refractivity contribution < 1.29 is 14.6 Å². The fourth-order valence-electron chi connectivity index (χ4n) is 3.20. The van der Waals surface area contributed by atoms with E-state index in [2.05, 4.69) is 12.1 Å². The zero-order chi connectivity index (χ0) is 16.9. The topological polar surface area (TPSA) is 49.8 Å². The number of methoxy groups -OCH3 is 1. The number of para-hydroxylation sites is 1. The Hall–Kier alpha value is -2.33. The minimum absolute atomic E-state index is 0.0219. The molecule has 0 heterocycles. The van der Waals surface area contributed by atoms with E-state index in [1.54, 1.807) is 12.0 Å². The van der Waals surface area contributed by atoms with Crippen molar-refractivity contribution in [3.05, 3.63) is 65.7 Å². The van der Waals surface area contributed by atoms with Crippen molar-refractivity contribution in [3.63, 3.8) is 0 Å². The van der Waals surface area contributed by atoms with Gasteiger partial charge in [-0.05, 0) is 24.0 Å². The first-order chi connectivity index (χ1) is 11.7. The number of carbonyl (C=O) groups excluding carboxylic acids is 1. The number of aliphatic hydroxyl groups is 1. The van der Waals surface area contributed by atoms with E-state index in [-0.39, 0.29) is 18.4 Å². The fourth-order valence-corrected chi connectivity index (χ4v) is 3.20. The lowest BCUT2D eigenvalue weighted by Gasteiger charge is -2.23. The highest BCUT2D eigenvalue weighted by Crippen LogP contribution is 2.48. The largest absolute Gasteiger partial charge is 0.496 e. The highest BCUT2D eigenvalue weighted by Gasteiger charge is 2.45. The van der Waals surface area contributed by atoms with Gasteiger partial charge in [0.15, 0.2) is 0 Å². The lowest BCUT2D eigenvalue weighted by atomic mass is 10.1. The van der Waals surface area contributed by atoms with Crippen molar-refractivity contribution in [1.29, 1.82) is 0 Å². The molecule has 3 rings (SSSR count). The van der Waals surface area contributed by atoms with E-state index < -0.39 is 0 Å². The molecular weight excluding hydrogens is 302 g/mol. The van der Waals surface area contributed by atoms with Gasteiger partial charge in [-0.25, -0.2) is 0 Å². The van der Waals surface area contributed by atoms with Crippen LogP contribution in [-0.4, -0.2) is 36.2 Å². The van der Waals surface area contributed by atoms with Crippen LogP contribution in [0.2, 0.25) is 0 Å². The monoisotopic (exact) mass is 325 g/mol. The van der Waals surface area contributed by atoms with Crippen molar-refractivity contribution in [2.75, 3.05) is 20.3 Å². The highest BCUT2D eigenvalue weighted by atomic mass is 16.5. The van der Waals surface area contributed by atoms with E-state index in [0.29, 0.717) is 19.0 Å². The number of nitrogens with zero attached hydrogens (tertiary/aromatic N) is 1. The third-order valence-corrected chi connectivity index (χ3v) is 4.57. The molecule has 0 bridgehead atoms. The predicted octanol–water partition coefficient (Wildman–Crippen LogP) is 2.82. The maximum absolute atomic E-state index is 12.9. The van der Waals surface area contributed by atoms with Crippen molar-refractivity contribution in [1.82, 2.24) is 4.90 Å². The molecule has 0 saturated heterocycles. The van der Waals surface area contributed by atoms with E-state index in [1.165, 1.54) is 5.56 Å². The molecule has 1 N–H and O–H groups in total. The van der Waals surface area contributed by atoms with Gasteiger partial charge < -0.3 is 14.7 Å². The number of ether oxygens (including phenoxy) is 1. The third kappa shape index (κ3) is 3.60. The molecular formula is C20H23NO3. The molecule has 1 saturated carbocycles. The van der Waals surface area contributed by atoms with Gasteiger partial charge in [-0.15, -0.1) is 0 Å². The number of amides is 1. The quantitative estimate of drug-likeness (QED) is 0.851. The van der Waals surface area contributed by atoms with Gasteiger partial charge in [-0.3, -0.25) is 4.79 Å². The molecule has 2 aromatic rings. The summed E-state index contributed by atoms with van der Waals surface area (Å²) >= 11 is 0. The van der Waals surface area contributed by atoms with Gasteiger partial charge in [0.05, 0.1) is 13.7 Å². The minimum atomic E-state index is -0.0381. The second-order valence-corrected chi connectivity index (χ2v) is 6.15. The molecule has 0 aliphatic heterocycles. The number of carbonyl (C=O) groups is 1. The summed E-state index contributed by atoms with van der Waals surface area (Å²) < 4.78 is 5.37. The molecule has 0 spiro atoms. The fraction of sp³-hybridized carbons (Fsp3) is 0.350. The molecule has 126 valence electrons. The van der Waals surface area contributed by atoms with Gasteiger partial charge in [0.2, 0.25) is 5.91 Å². The first-order valence-electron chi connectivity index (χ1n) is 8.31. The summed E-state index contributed by atoms with van der Waals surface area (Å²) in [5.74, 6) is 1.21. The Kier molecular flexibility index (Phi) is 5.16. The van der Waals surface area contributed by atoms with Crippen molar-refractivity contribution in [2.45, 2.75) is 18.9 Å². The predicted molar refractivity (Wildman–Crippen MR) is 92.8 cm³/mol. The van der Waals surface area contributed by atoms with Crippen LogP contribution < -0.4 is 4.74 Å². The number of rotatable bonds is 7.